The van der Waals surface area contributed by atoms with Gasteiger partial charge in [-0.05, 0) is 56.6 Å². The quantitative estimate of drug-likeness (QED) is 0.428. The Balaban J connectivity index is 1.76. The molecule has 3 aromatic rings. The number of fused-ring (bicyclic) bond motifs is 2. The maximum Gasteiger partial charge on any atom is 0.197 e. The molecular formula is C22H28N2O2S. The van der Waals surface area contributed by atoms with Gasteiger partial charge in [-0.1, -0.05) is 25.1 Å². The van der Waals surface area contributed by atoms with Gasteiger partial charge in [0.05, 0.1) is 12.0 Å². The molecule has 5 heteroatoms. The molecular weight excluding hydrogens is 356 g/mol. The first kappa shape index (κ1) is 19.8. The van der Waals surface area contributed by atoms with E-state index in [4.69, 9.17) is 5.11 Å². The van der Waals surface area contributed by atoms with E-state index in [9.17, 15) is 4.79 Å². The molecule has 2 aromatic carbocycles. The van der Waals surface area contributed by atoms with Gasteiger partial charge in [-0.15, -0.1) is 11.3 Å². The number of hydrogen-bond acceptors (Lipinski definition) is 5. The summed E-state index contributed by atoms with van der Waals surface area (Å²) in [6.07, 6.45) is 2.10. The van der Waals surface area contributed by atoms with Crippen LogP contribution in [0.4, 0.5) is 5.69 Å². The predicted octanol–water partition coefficient (Wildman–Crippen LogP) is 4.23. The van der Waals surface area contributed by atoms with Crippen molar-refractivity contribution in [1.29, 1.82) is 0 Å². The molecule has 3 rings (SSSR count). The van der Waals surface area contributed by atoms with E-state index < -0.39 is 0 Å². The Hall–Kier alpha value is -1.95. The summed E-state index contributed by atoms with van der Waals surface area (Å²) in [7, 11) is 0. The minimum atomic E-state index is 0.116. The minimum absolute atomic E-state index is 0.116. The lowest BCUT2D eigenvalue weighted by Gasteiger charge is -2.19. The van der Waals surface area contributed by atoms with Crippen molar-refractivity contribution < 1.29 is 5.11 Å². The molecule has 0 amide bonds. The van der Waals surface area contributed by atoms with Gasteiger partial charge in [0, 0.05) is 33.6 Å². The molecule has 27 heavy (non-hydrogen) atoms. The highest BCUT2D eigenvalue weighted by atomic mass is 32.1. The van der Waals surface area contributed by atoms with Crippen LogP contribution in [0.2, 0.25) is 0 Å². The lowest BCUT2D eigenvalue weighted by atomic mass is 10.1. The summed E-state index contributed by atoms with van der Waals surface area (Å²) in [6, 6.07) is 12.0. The number of unbranched alkanes of at least 4 members (excludes halogenated alkanes) is 1. The van der Waals surface area contributed by atoms with Gasteiger partial charge in [0.25, 0.3) is 0 Å². The molecule has 0 unspecified atom stereocenters. The lowest BCUT2D eigenvalue weighted by Crippen LogP contribution is -2.28. The molecule has 0 aliphatic rings. The fraction of sp³-hybridized carbons (Fsp3) is 0.409. The van der Waals surface area contributed by atoms with Crippen LogP contribution in [-0.2, 0) is 0 Å². The van der Waals surface area contributed by atoms with Gasteiger partial charge < -0.3 is 15.3 Å². The molecule has 0 bridgehead atoms. The van der Waals surface area contributed by atoms with Crippen LogP contribution in [-0.4, -0.2) is 42.8 Å². The topological polar surface area (TPSA) is 52.6 Å². The number of rotatable bonds is 9. The van der Waals surface area contributed by atoms with Crippen LogP contribution >= 0.6 is 11.3 Å². The number of likely N-dealkylation sites (N-methyl/N-ethyl adjacent to an activating group) is 1. The van der Waals surface area contributed by atoms with Crippen LogP contribution in [0.25, 0.3) is 20.2 Å². The van der Waals surface area contributed by atoms with Crippen molar-refractivity contribution >= 4 is 37.2 Å². The largest absolute Gasteiger partial charge is 0.395 e. The van der Waals surface area contributed by atoms with E-state index in [0.717, 1.165) is 70.4 Å². The van der Waals surface area contributed by atoms with Crippen LogP contribution < -0.4 is 10.7 Å². The second-order valence-corrected chi connectivity index (χ2v) is 7.91. The molecule has 1 aromatic heterocycles. The molecule has 0 atom stereocenters. The second-order valence-electron chi connectivity index (χ2n) is 6.85. The Morgan fingerprint density at radius 2 is 1.93 bits per heavy atom. The molecule has 0 radical (unpaired) electrons. The maximum absolute atomic E-state index is 13.1. The number of aliphatic hydroxyl groups excluding tert-OH is 1. The molecule has 1 heterocycles. The van der Waals surface area contributed by atoms with Gasteiger partial charge in [0.1, 0.15) is 0 Å². The Morgan fingerprint density at radius 1 is 1.11 bits per heavy atom. The van der Waals surface area contributed by atoms with E-state index in [1.54, 1.807) is 11.3 Å². The fourth-order valence-corrected chi connectivity index (χ4v) is 4.60. The summed E-state index contributed by atoms with van der Waals surface area (Å²) < 4.78 is 2.11. The first-order valence-corrected chi connectivity index (χ1v) is 10.5. The van der Waals surface area contributed by atoms with Crippen molar-refractivity contribution in [3.05, 3.63) is 52.2 Å². The first-order valence-electron chi connectivity index (χ1n) is 9.68. The van der Waals surface area contributed by atoms with Crippen molar-refractivity contribution in [1.82, 2.24) is 4.90 Å². The molecule has 2 N–H and O–H groups in total. The van der Waals surface area contributed by atoms with Gasteiger partial charge in [-0.3, -0.25) is 4.79 Å². The summed E-state index contributed by atoms with van der Waals surface area (Å²) in [5, 5.41) is 14.2. The summed E-state index contributed by atoms with van der Waals surface area (Å²) in [6.45, 7) is 7.93. The van der Waals surface area contributed by atoms with Gasteiger partial charge in [-0.2, -0.15) is 0 Å². The number of hydrogen-bond donors (Lipinski definition) is 2. The second kappa shape index (κ2) is 9.31. The average molecular weight is 385 g/mol. The van der Waals surface area contributed by atoms with Crippen molar-refractivity contribution in [2.24, 2.45) is 0 Å². The Kier molecular flexibility index (Phi) is 6.83. The van der Waals surface area contributed by atoms with E-state index >= 15 is 0 Å². The van der Waals surface area contributed by atoms with Crippen molar-refractivity contribution in [2.75, 3.05) is 38.1 Å². The highest BCUT2D eigenvalue weighted by Gasteiger charge is 2.11. The minimum Gasteiger partial charge on any atom is -0.395 e. The zero-order valence-electron chi connectivity index (χ0n) is 16.1. The molecule has 0 spiro atoms. The zero-order chi connectivity index (χ0) is 19.2. The molecule has 0 aliphatic heterocycles. The summed E-state index contributed by atoms with van der Waals surface area (Å²) in [5.74, 6) is 0. The Morgan fingerprint density at radius 3 is 2.70 bits per heavy atom. The predicted molar refractivity (Wildman–Crippen MR) is 117 cm³/mol. The molecule has 0 aliphatic carbocycles. The van der Waals surface area contributed by atoms with Crippen molar-refractivity contribution in [3.8, 4) is 0 Å². The standard InChI is InChI=1S/C22H28N2O2S/c1-3-24(14-15-25)13-7-6-12-23-18-11-10-16(2)22-20(18)21(26)17-8-4-5-9-19(17)27-22/h4-5,8-11,23,25H,3,6-7,12-15H2,1-2H3. The number of anilines is 1. The van der Waals surface area contributed by atoms with Crippen LogP contribution in [0, 0.1) is 6.92 Å². The van der Waals surface area contributed by atoms with E-state index in [-0.39, 0.29) is 12.0 Å². The number of aliphatic hydroxyl groups is 1. The Labute approximate surface area is 164 Å². The third-order valence-electron chi connectivity index (χ3n) is 5.01. The van der Waals surface area contributed by atoms with E-state index in [2.05, 4.69) is 30.1 Å². The molecule has 144 valence electrons. The molecule has 0 saturated carbocycles. The van der Waals surface area contributed by atoms with Crippen LogP contribution in [0.5, 0.6) is 0 Å². The van der Waals surface area contributed by atoms with Crippen LogP contribution in [0.1, 0.15) is 25.3 Å². The average Bonchev–Trinajstić information content (AvgIpc) is 2.69. The highest BCUT2D eigenvalue weighted by Crippen LogP contribution is 2.31. The van der Waals surface area contributed by atoms with Gasteiger partial charge in [-0.25, -0.2) is 0 Å². The maximum atomic E-state index is 13.1. The third kappa shape index (κ3) is 4.49. The molecule has 0 saturated heterocycles. The van der Waals surface area contributed by atoms with Crippen molar-refractivity contribution in [3.63, 3.8) is 0 Å². The van der Waals surface area contributed by atoms with E-state index in [0.29, 0.717) is 0 Å². The lowest BCUT2D eigenvalue weighted by molar-refractivity contribution is 0.200. The fourth-order valence-electron chi connectivity index (χ4n) is 3.43. The summed E-state index contributed by atoms with van der Waals surface area (Å²) in [4.78, 5) is 15.3. The van der Waals surface area contributed by atoms with E-state index in [1.165, 1.54) is 0 Å². The first-order chi connectivity index (χ1) is 13.2. The number of nitrogens with one attached hydrogen (secondary N) is 1. The monoisotopic (exact) mass is 384 g/mol. The number of nitrogens with zero attached hydrogens (tertiary/aromatic N) is 1. The van der Waals surface area contributed by atoms with Crippen molar-refractivity contribution in [2.45, 2.75) is 26.7 Å². The number of benzene rings is 2. The smallest absolute Gasteiger partial charge is 0.197 e. The normalized spacial score (nSPS) is 11.6. The summed E-state index contributed by atoms with van der Waals surface area (Å²) >= 11 is 1.69. The highest BCUT2D eigenvalue weighted by molar-refractivity contribution is 7.24. The van der Waals surface area contributed by atoms with E-state index in [1.807, 2.05) is 30.3 Å². The summed E-state index contributed by atoms with van der Waals surface area (Å²) in [5.41, 5.74) is 2.20. The molecule has 0 fully saturated rings. The molecule has 4 nitrogen and oxygen atoms in total. The van der Waals surface area contributed by atoms with Gasteiger partial charge in [0.2, 0.25) is 0 Å². The van der Waals surface area contributed by atoms with Crippen LogP contribution in [0.3, 0.4) is 0 Å². The third-order valence-corrected chi connectivity index (χ3v) is 6.31. The van der Waals surface area contributed by atoms with Crippen LogP contribution in [0.15, 0.2) is 41.2 Å². The zero-order valence-corrected chi connectivity index (χ0v) is 16.9. The Bertz CT molecular complexity index is 968. The van der Waals surface area contributed by atoms with Gasteiger partial charge in [0.15, 0.2) is 5.43 Å². The SMILES string of the molecule is CCN(CCO)CCCCNc1ccc(C)c2sc3ccccc3c(=O)c12. The van der Waals surface area contributed by atoms with Gasteiger partial charge >= 0.3 is 0 Å². The number of aryl methyl sites for hydroxylation is 1.